The second-order valence-corrected chi connectivity index (χ2v) is 33.9. The Hall–Kier alpha value is -8.42. The van der Waals surface area contributed by atoms with Crippen LogP contribution >= 0.6 is 0 Å². The van der Waals surface area contributed by atoms with Crippen molar-refractivity contribution in [1.29, 1.82) is 0 Å². The predicted octanol–water partition coefficient (Wildman–Crippen LogP) is 21.3. The molecular weight excluding hydrogens is 1360 g/mol. The molecular formula is C97H142N6O7. The van der Waals surface area contributed by atoms with Crippen LogP contribution in [0.15, 0.2) is 235 Å². The van der Waals surface area contributed by atoms with Gasteiger partial charge in [-0.3, -0.25) is 28.8 Å². The zero-order chi connectivity index (χ0) is 81.5. The lowest BCUT2D eigenvalue weighted by Gasteiger charge is -2.33. The van der Waals surface area contributed by atoms with Crippen molar-refractivity contribution in [2.75, 3.05) is 39.4 Å². The number of nitrogens with one attached hydrogen (secondary N) is 6. The van der Waals surface area contributed by atoms with Gasteiger partial charge in [0.25, 0.3) is 0 Å². The monoisotopic (exact) mass is 1500 g/mol. The quantitative estimate of drug-likeness (QED) is 0.0200. The Kier molecular flexibility index (Phi) is 41.3. The number of unbranched alkanes of at least 4 members (excludes halogenated alkanes) is 2. The van der Waals surface area contributed by atoms with Gasteiger partial charge in [-0.1, -0.05) is 221 Å². The van der Waals surface area contributed by atoms with Gasteiger partial charge in [-0.05, 0) is 271 Å². The maximum absolute atomic E-state index is 13.9. The number of carbonyl (C=O) groups is 6. The van der Waals surface area contributed by atoms with Gasteiger partial charge in [0, 0.05) is 57.1 Å². The number of ether oxygens (including phenoxy) is 1. The van der Waals surface area contributed by atoms with E-state index < -0.39 is 18.0 Å². The van der Waals surface area contributed by atoms with Crippen molar-refractivity contribution >= 4 is 35.4 Å². The summed E-state index contributed by atoms with van der Waals surface area (Å²) in [6.07, 6.45) is 64.9. The van der Waals surface area contributed by atoms with Crippen molar-refractivity contribution in [2.45, 2.75) is 273 Å². The average Bonchev–Trinajstić information content (AvgIpc) is 0.839. The summed E-state index contributed by atoms with van der Waals surface area (Å²) in [6.45, 7) is 45.0. The molecule has 13 heteroatoms. The van der Waals surface area contributed by atoms with Crippen LogP contribution < -0.4 is 31.9 Å². The van der Waals surface area contributed by atoms with Crippen molar-refractivity contribution in [1.82, 2.24) is 31.9 Å². The van der Waals surface area contributed by atoms with E-state index in [4.69, 9.17) is 4.74 Å². The SMILES string of the molecule is CC1=C(/C=C/C(C)=C/C=C/C(C)=C/C(=O)NCCCCC(NC(=O)/C=C(C)/C=C/C=C(C)/C=C/C2=C(C)CCCC2(C)C)C(=O)NCCCOCCNC(=O)C(CCCCNC(=O)/C=C(C)/C=C/C=C(C)/C=C/C2=C(C)CCCC2(C)C)NC(=O)/C=C(C)/C=C/C=C(C)/C=C/C2=C(C)CCCC2(C)C)C(C)(C)CCC1. The first-order valence-electron chi connectivity index (χ1n) is 40.9. The summed E-state index contributed by atoms with van der Waals surface area (Å²) >= 11 is 0. The number of amides is 6. The van der Waals surface area contributed by atoms with E-state index in [1.165, 1.54) is 108 Å². The normalized spacial score (nSPS) is 19.4. The van der Waals surface area contributed by atoms with Crippen molar-refractivity contribution in [3.63, 3.8) is 0 Å². The van der Waals surface area contributed by atoms with Gasteiger partial charge >= 0.3 is 0 Å². The summed E-state index contributed by atoms with van der Waals surface area (Å²) in [7, 11) is 0. The summed E-state index contributed by atoms with van der Waals surface area (Å²) < 4.78 is 5.92. The van der Waals surface area contributed by atoms with E-state index in [9.17, 15) is 28.8 Å². The predicted molar refractivity (Wildman–Crippen MR) is 464 cm³/mol. The van der Waals surface area contributed by atoms with E-state index in [1.807, 2.05) is 101 Å². The number of hydrogen-bond donors (Lipinski definition) is 6. The minimum Gasteiger partial charge on any atom is -0.380 e. The number of allylic oxidation sites excluding steroid dienone is 36. The third-order valence-corrected chi connectivity index (χ3v) is 21.5. The first-order valence-corrected chi connectivity index (χ1v) is 40.9. The molecule has 0 aliphatic heterocycles. The number of carbonyl (C=O) groups excluding carboxylic acids is 6. The molecule has 0 aromatic heterocycles. The van der Waals surface area contributed by atoms with Crippen LogP contribution in [0.4, 0.5) is 0 Å². The molecule has 4 aliphatic rings. The smallest absolute Gasteiger partial charge is 0.244 e. The van der Waals surface area contributed by atoms with Crippen LogP contribution in [-0.2, 0) is 33.5 Å². The Bertz CT molecular complexity index is 3580. The lowest BCUT2D eigenvalue weighted by Crippen LogP contribution is -2.47. The van der Waals surface area contributed by atoms with E-state index >= 15 is 0 Å². The average molecular weight is 1500 g/mol. The first kappa shape index (κ1) is 94.0. The Morgan fingerprint density at radius 1 is 0.336 bits per heavy atom. The molecule has 6 N–H and O–H groups in total. The second-order valence-electron chi connectivity index (χ2n) is 33.9. The molecule has 0 aromatic carbocycles. The highest BCUT2D eigenvalue weighted by Crippen LogP contribution is 2.44. The van der Waals surface area contributed by atoms with Gasteiger partial charge in [-0.2, -0.15) is 0 Å². The Balaban J connectivity index is 1.35. The molecule has 602 valence electrons. The molecule has 13 nitrogen and oxygen atoms in total. The summed E-state index contributed by atoms with van der Waals surface area (Å²) in [5.41, 5.74) is 19.6. The molecule has 110 heavy (non-hydrogen) atoms. The topological polar surface area (TPSA) is 184 Å². The van der Waals surface area contributed by atoms with E-state index in [0.29, 0.717) is 58.0 Å². The number of rotatable bonds is 41. The maximum Gasteiger partial charge on any atom is 0.244 e. The molecule has 0 saturated carbocycles. The molecule has 0 radical (unpaired) electrons. The molecule has 2 atom stereocenters. The highest BCUT2D eigenvalue weighted by atomic mass is 16.5. The Labute approximate surface area is 665 Å². The minimum atomic E-state index is -0.848. The zero-order valence-electron chi connectivity index (χ0n) is 71.5. The van der Waals surface area contributed by atoms with Gasteiger partial charge in [-0.15, -0.1) is 0 Å². The van der Waals surface area contributed by atoms with Gasteiger partial charge in [0.2, 0.25) is 35.4 Å². The standard InChI is InChI=1S/C97H142N6O7/c1-70(48-52-82-78(9)42-29-56-94(82,13)14)34-25-38-74(5)66-88(104)98-60-23-21-46-86(102-90(106)68-76(7)40-27-36-72(3)50-54-84-80(11)44-31-58-96(84,17)18)92(108)100-62-33-64-110-65-63-101-93(109)87(103-91(107)69-77(8)41-28-37-73(4)51-55-85-81(12)45-32-59-97(85,19)20)47-22-24-61-99-89(105)67-75(6)39-26-35-71(2)49-53-83-79(10)43-30-57-95(83,15)16/h25-28,34-41,48-55,66-69,86-87H,21-24,29-33,42-47,56-65H2,1-20H3,(H,98,104)(H,99,105)(H,100,108)(H,101,109)(H,102,106)(H,103,107)/b38-25+,39-26+,40-27+,41-28+,52-48+,53-49+,54-50+,55-51+,70-34+,71-35+,72-36+,73-37+,74-66+,75-67+,76-68+,77-69+. The van der Waals surface area contributed by atoms with Crippen LogP contribution in [0.2, 0.25) is 0 Å². The van der Waals surface area contributed by atoms with Gasteiger partial charge < -0.3 is 36.6 Å². The summed E-state index contributed by atoms with van der Waals surface area (Å²) in [5, 5.41) is 17.7. The molecule has 2 unspecified atom stereocenters. The largest absolute Gasteiger partial charge is 0.380 e. The molecule has 0 bridgehead atoms. The van der Waals surface area contributed by atoms with Gasteiger partial charge in [0.1, 0.15) is 12.1 Å². The summed E-state index contributed by atoms with van der Waals surface area (Å²) in [5.74, 6) is -1.87. The molecule has 4 rings (SSSR count). The van der Waals surface area contributed by atoms with Gasteiger partial charge in [0.05, 0.1) is 6.61 Å². The first-order chi connectivity index (χ1) is 52.0. The van der Waals surface area contributed by atoms with E-state index in [0.717, 1.165) is 70.3 Å². The molecule has 0 heterocycles. The Morgan fingerprint density at radius 3 is 0.900 bits per heavy atom. The fourth-order valence-corrected chi connectivity index (χ4v) is 15.0. The third kappa shape index (κ3) is 36.6. The molecule has 0 aromatic rings. The van der Waals surface area contributed by atoms with Crippen LogP contribution in [-0.4, -0.2) is 86.9 Å². The fourth-order valence-electron chi connectivity index (χ4n) is 15.0. The van der Waals surface area contributed by atoms with Crippen LogP contribution in [0.5, 0.6) is 0 Å². The van der Waals surface area contributed by atoms with Gasteiger partial charge in [-0.25, -0.2) is 0 Å². The molecule has 6 amide bonds. The summed E-state index contributed by atoms with van der Waals surface area (Å²) in [4.78, 5) is 80.8. The molecule has 4 aliphatic carbocycles. The van der Waals surface area contributed by atoms with Crippen molar-refractivity contribution in [3.05, 3.63) is 235 Å². The van der Waals surface area contributed by atoms with E-state index in [-0.39, 0.29) is 77.5 Å². The van der Waals surface area contributed by atoms with Gasteiger partial charge in [0.15, 0.2) is 0 Å². The van der Waals surface area contributed by atoms with E-state index in [2.05, 4.69) is 191 Å². The highest BCUT2D eigenvalue weighted by Gasteiger charge is 2.30. The second kappa shape index (κ2) is 48.4. The third-order valence-electron chi connectivity index (χ3n) is 21.5. The zero-order valence-corrected chi connectivity index (χ0v) is 71.5. The van der Waals surface area contributed by atoms with Crippen molar-refractivity contribution < 1.29 is 33.5 Å². The van der Waals surface area contributed by atoms with Crippen LogP contribution in [0.3, 0.4) is 0 Å². The van der Waals surface area contributed by atoms with Crippen LogP contribution in [0.25, 0.3) is 0 Å². The highest BCUT2D eigenvalue weighted by molar-refractivity contribution is 5.94. The minimum absolute atomic E-state index is 0.147. The van der Waals surface area contributed by atoms with Crippen molar-refractivity contribution in [3.8, 4) is 0 Å². The molecule has 0 saturated heterocycles. The van der Waals surface area contributed by atoms with Crippen molar-refractivity contribution in [2.24, 2.45) is 21.7 Å². The maximum atomic E-state index is 13.9. The van der Waals surface area contributed by atoms with E-state index in [1.54, 1.807) is 12.2 Å². The lowest BCUT2D eigenvalue weighted by molar-refractivity contribution is -0.127. The van der Waals surface area contributed by atoms with Crippen LogP contribution in [0, 0.1) is 21.7 Å². The Morgan fingerprint density at radius 2 is 0.609 bits per heavy atom. The van der Waals surface area contributed by atoms with Crippen LogP contribution in [0.1, 0.15) is 260 Å². The number of hydrogen-bond acceptors (Lipinski definition) is 7. The molecule has 0 spiro atoms. The molecule has 0 fully saturated rings. The lowest BCUT2D eigenvalue weighted by atomic mass is 9.72. The summed E-state index contributed by atoms with van der Waals surface area (Å²) in [6, 6.07) is -1.68. The fraction of sp³-hybridized carbons (Fsp3) is 0.526.